The molecule has 11 nitrogen and oxygen atoms in total. The van der Waals surface area contributed by atoms with Gasteiger partial charge in [0.1, 0.15) is 19.5 Å². The Morgan fingerprint density at radius 3 is 2.33 bits per heavy atom. The van der Waals surface area contributed by atoms with Crippen molar-refractivity contribution in [1.29, 1.82) is 0 Å². The Morgan fingerprint density at radius 2 is 1.64 bits per heavy atom. The van der Waals surface area contributed by atoms with E-state index in [1.54, 1.807) is 42.9 Å². The Morgan fingerprint density at radius 1 is 0.917 bits per heavy atom. The first kappa shape index (κ1) is 25.7. The molecular weight excluding hydrogens is 618 g/mol. The third-order valence-corrected chi connectivity index (χ3v) is 7.01. The number of anilines is 2. The van der Waals surface area contributed by atoms with Crippen molar-refractivity contribution in [2.45, 2.75) is 0 Å². The molecule has 0 aliphatic heterocycles. The van der Waals surface area contributed by atoms with Gasteiger partial charge in [0, 0.05) is 30.1 Å². The van der Waals surface area contributed by atoms with E-state index in [-0.39, 0.29) is 30.9 Å². The molecule has 1 N–H and O–H groups in total. The predicted octanol–water partition coefficient (Wildman–Crippen LogP) is 4.10. The number of ether oxygens (including phenoxy) is 2. The summed E-state index contributed by atoms with van der Waals surface area (Å²) in [6, 6.07) is 10.7. The molecule has 1 aromatic carbocycles. The summed E-state index contributed by atoms with van der Waals surface area (Å²) in [4.78, 5) is 20.5. The molecule has 4 aromatic rings. The van der Waals surface area contributed by atoms with E-state index in [0.29, 0.717) is 16.8 Å². The van der Waals surface area contributed by atoms with Gasteiger partial charge in [-0.2, -0.15) is 8.42 Å². The van der Waals surface area contributed by atoms with Gasteiger partial charge in [0.25, 0.3) is 0 Å². The normalized spacial score (nSPS) is 11.1. The maximum atomic E-state index is 13.1. The molecule has 3 heterocycles. The predicted molar refractivity (Wildman–Crippen MR) is 141 cm³/mol. The highest BCUT2D eigenvalue weighted by atomic mass is 79.9. The average Bonchev–Trinajstić information content (AvgIpc) is 2.88. The lowest BCUT2D eigenvalue weighted by atomic mass is 10.1. The number of nitrogens with one attached hydrogen (secondary N) is 1. The van der Waals surface area contributed by atoms with E-state index in [2.05, 4.69) is 61.5 Å². The fourth-order valence-electron chi connectivity index (χ4n) is 2.95. The summed E-state index contributed by atoms with van der Waals surface area (Å²) in [5, 5.41) is 0. The lowest BCUT2D eigenvalue weighted by molar-refractivity contribution is 0.202. The van der Waals surface area contributed by atoms with Gasteiger partial charge in [0.2, 0.25) is 5.88 Å². The quantitative estimate of drug-likeness (QED) is 0.255. The molecule has 0 saturated carbocycles. The molecule has 14 heteroatoms. The van der Waals surface area contributed by atoms with Crippen molar-refractivity contribution in [3.8, 4) is 23.0 Å². The van der Waals surface area contributed by atoms with Crippen LogP contribution in [-0.4, -0.2) is 53.6 Å². The smallest absolute Gasteiger partial charge is 0.324 e. The van der Waals surface area contributed by atoms with E-state index < -0.39 is 10.2 Å². The molecule has 0 spiro atoms. The monoisotopic (exact) mass is 635 g/mol. The Kier molecular flexibility index (Phi) is 8.28. The van der Waals surface area contributed by atoms with Gasteiger partial charge in [-0.3, -0.25) is 9.29 Å². The minimum absolute atomic E-state index is 0.0511. The van der Waals surface area contributed by atoms with Crippen molar-refractivity contribution in [1.82, 2.24) is 24.9 Å². The number of nitrogens with zero attached hydrogens (tertiary/aromatic N) is 6. The summed E-state index contributed by atoms with van der Waals surface area (Å²) in [7, 11) is -2.63. The minimum atomic E-state index is -4.04. The molecule has 0 saturated heterocycles. The Labute approximate surface area is 224 Å². The second kappa shape index (κ2) is 11.6. The second-order valence-electron chi connectivity index (χ2n) is 7.08. The molecule has 186 valence electrons. The van der Waals surface area contributed by atoms with Crippen molar-refractivity contribution in [3.05, 3.63) is 76.5 Å². The van der Waals surface area contributed by atoms with Gasteiger partial charge >= 0.3 is 16.2 Å². The first-order valence-corrected chi connectivity index (χ1v) is 13.4. The Hall–Kier alpha value is -3.36. The van der Waals surface area contributed by atoms with Gasteiger partial charge in [-0.1, -0.05) is 28.1 Å². The third-order valence-electron chi connectivity index (χ3n) is 4.69. The van der Waals surface area contributed by atoms with Crippen LogP contribution in [0.1, 0.15) is 0 Å². The molecule has 0 amide bonds. The van der Waals surface area contributed by atoms with Crippen molar-refractivity contribution in [2.75, 3.05) is 29.3 Å². The number of hydrogen-bond acceptors (Lipinski definition) is 9. The topological polar surface area (TPSA) is 132 Å². The zero-order valence-corrected chi connectivity index (χ0v) is 22.7. The van der Waals surface area contributed by atoms with Crippen LogP contribution >= 0.6 is 31.9 Å². The molecule has 4 rings (SSSR count). The molecule has 0 aliphatic rings. The molecule has 0 atom stereocenters. The van der Waals surface area contributed by atoms with Gasteiger partial charge in [-0.15, -0.1) is 0 Å². The molecule has 0 aliphatic carbocycles. The zero-order valence-electron chi connectivity index (χ0n) is 18.7. The Bertz CT molecular complexity index is 1410. The highest BCUT2D eigenvalue weighted by Gasteiger charge is 2.24. The summed E-state index contributed by atoms with van der Waals surface area (Å²) in [5.41, 5.74) is 1.40. The van der Waals surface area contributed by atoms with E-state index >= 15 is 0 Å². The van der Waals surface area contributed by atoms with E-state index in [1.807, 2.05) is 12.1 Å². The van der Waals surface area contributed by atoms with Gasteiger partial charge in [-0.25, -0.2) is 24.7 Å². The van der Waals surface area contributed by atoms with Crippen LogP contribution < -0.4 is 18.5 Å². The second-order valence-corrected chi connectivity index (χ2v) is 10.6. The first-order valence-electron chi connectivity index (χ1n) is 10.3. The highest BCUT2D eigenvalue weighted by Crippen LogP contribution is 2.35. The molecular formula is C22H19Br2N7O4S. The lowest BCUT2D eigenvalue weighted by Gasteiger charge is -2.21. The standard InChI is InChI=1S/C22H19Br2N7O4S/c1-31(18-3-2-8-25-13-18)36(32,33)30-20-19(15-4-6-16(23)7-5-15)21(29-14-28-20)34-9-10-35-22-26-11-17(24)12-27-22/h2-8,11-14H,9-10H2,1H3,(H,28,29,30). The van der Waals surface area contributed by atoms with E-state index in [1.165, 1.54) is 19.6 Å². The van der Waals surface area contributed by atoms with Crippen LogP contribution in [0.15, 0.2) is 76.5 Å². The van der Waals surface area contributed by atoms with Gasteiger partial charge in [0.15, 0.2) is 5.82 Å². The fourth-order valence-corrected chi connectivity index (χ4v) is 4.34. The third kappa shape index (κ3) is 6.44. The molecule has 0 fully saturated rings. The summed E-state index contributed by atoms with van der Waals surface area (Å²) < 4.78 is 42.8. The number of rotatable bonds is 10. The zero-order chi connectivity index (χ0) is 25.5. The molecule has 0 unspecified atom stereocenters. The van der Waals surface area contributed by atoms with E-state index in [0.717, 1.165) is 13.3 Å². The van der Waals surface area contributed by atoms with Crippen molar-refractivity contribution in [3.63, 3.8) is 0 Å². The summed E-state index contributed by atoms with van der Waals surface area (Å²) >= 11 is 6.67. The number of halogens is 2. The van der Waals surface area contributed by atoms with Crippen LogP contribution in [0.4, 0.5) is 11.5 Å². The SMILES string of the molecule is CN(c1cccnc1)S(=O)(=O)Nc1ncnc(OCCOc2ncc(Br)cn2)c1-c1ccc(Br)cc1. The van der Waals surface area contributed by atoms with Crippen LogP contribution in [0.5, 0.6) is 11.9 Å². The first-order chi connectivity index (χ1) is 17.3. The number of aromatic nitrogens is 5. The minimum Gasteiger partial charge on any atom is -0.473 e. The van der Waals surface area contributed by atoms with Crippen molar-refractivity contribution < 1.29 is 17.9 Å². The average molecular weight is 637 g/mol. The summed E-state index contributed by atoms with van der Waals surface area (Å²) in [5.74, 6) is 0.226. The van der Waals surface area contributed by atoms with Crippen LogP contribution in [-0.2, 0) is 10.2 Å². The number of pyridine rings is 1. The van der Waals surface area contributed by atoms with Crippen LogP contribution in [0.2, 0.25) is 0 Å². The number of hydrogen-bond donors (Lipinski definition) is 1. The van der Waals surface area contributed by atoms with Crippen molar-refractivity contribution in [2.24, 2.45) is 0 Å². The molecule has 0 bridgehead atoms. The van der Waals surface area contributed by atoms with Crippen LogP contribution in [0.3, 0.4) is 0 Å². The largest absolute Gasteiger partial charge is 0.473 e. The highest BCUT2D eigenvalue weighted by molar-refractivity contribution is 9.10. The van der Waals surface area contributed by atoms with E-state index in [4.69, 9.17) is 9.47 Å². The summed E-state index contributed by atoms with van der Waals surface area (Å²) in [6.07, 6.45) is 7.36. The van der Waals surface area contributed by atoms with Gasteiger partial charge < -0.3 is 9.47 Å². The fraction of sp³-hybridized carbons (Fsp3) is 0.136. The maximum absolute atomic E-state index is 13.1. The van der Waals surface area contributed by atoms with Crippen molar-refractivity contribution >= 4 is 53.6 Å². The van der Waals surface area contributed by atoms with Crippen LogP contribution in [0.25, 0.3) is 11.1 Å². The van der Waals surface area contributed by atoms with E-state index in [9.17, 15) is 8.42 Å². The lowest BCUT2D eigenvalue weighted by Crippen LogP contribution is -2.33. The van der Waals surface area contributed by atoms with Crippen LogP contribution in [0, 0.1) is 0 Å². The molecule has 3 aromatic heterocycles. The molecule has 36 heavy (non-hydrogen) atoms. The number of benzene rings is 1. The maximum Gasteiger partial charge on any atom is 0.324 e. The van der Waals surface area contributed by atoms with Gasteiger partial charge in [-0.05, 0) is 45.8 Å². The summed E-state index contributed by atoms with van der Waals surface area (Å²) in [6.45, 7) is 0.234. The molecule has 0 radical (unpaired) electrons. The van der Waals surface area contributed by atoms with Gasteiger partial charge in [0.05, 0.1) is 21.9 Å². The Balaban J connectivity index is 1.59.